The van der Waals surface area contributed by atoms with Crippen molar-refractivity contribution in [2.45, 2.75) is 20.0 Å². The van der Waals surface area contributed by atoms with E-state index >= 15 is 0 Å². The maximum Gasteiger partial charge on any atom is 0.416 e. The first kappa shape index (κ1) is 15.0. The van der Waals surface area contributed by atoms with Crippen LogP contribution in [0.2, 0.25) is 0 Å². The van der Waals surface area contributed by atoms with Gasteiger partial charge in [0, 0.05) is 6.54 Å². The molecule has 0 aliphatic heterocycles. The van der Waals surface area contributed by atoms with Crippen LogP contribution in [0.3, 0.4) is 0 Å². The molecule has 0 fully saturated rings. The van der Waals surface area contributed by atoms with E-state index in [-0.39, 0.29) is 0 Å². The maximum absolute atomic E-state index is 12.3. The quantitative estimate of drug-likeness (QED) is 0.656. The Morgan fingerprint density at radius 3 is 2.25 bits per heavy atom. The topological polar surface area (TPSA) is 3.24 Å². The van der Waals surface area contributed by atoms with E-state index in [1.807, 2.05) is 18.9 Å². The van der Waals surface area contributed by atoms with Crippen molar-refractivity contribution in [2.24, 2.45) is 0 Å². The molecule has 0 aromatic carbocycles. The summed E-state index contributed by atoms with van der Waals surface area (Å²) in [6.07, 6.45) is -0.953. The van der Waals surface area contributed by atoms with Crippen LogP contribution in [0.15, 0.2) is 36.0 Å². The van der Waals surface area contributed by atoms with E-state index in [9.17, 15) is 13.2 Å². The lowest BCUT2D eigenvalue weighted by molar-refractivity contribution is -0.0881. The number of allylic oxidation sites excluding steroid dienone is 4. The fraction of sp³-hybridized carbons (Fsp3) is 0.500. The summed E-state index contributed by atoms with van der Waals surface area (Å²) in [5.74, 6) is 0. The molecule has 0 aromatic rings. The molecule has 0 unspecified atom stereocenters. The lowest BCUT2D eigenvalue weighted by atomic mass is 10.2. The molecule has 0 amide bonds. The van der Waals surface area contributed by atoms with Gasteiger partial charge in [-0.05, 0) is 20.5 Å². The molecule has 0 bridgehead atoms. The van der Waals surface area contributed by atoms with Crippen LogP contribution in [0.25, 0.3) is 0 Å². The van der Waals surface area contributed by atoms with E-state index in [4.69, 9.17) is 0 Å². The Kier molecular flexibility index (Phi) is 6.11. The molecule has 1 nitrogen and oxygen atoms in total. The zero-order chi connectivity index (χ0) is 12.8. The number of alkyl halides is 3. The summed E-state index contributed by atoms with van der Waals surface area (Å²) in [4.78, 5) is 2.01. The van der Waals surface area contributed by atoms with Crippen LogP contribution >= 0.6 is 0 Å². The minimum atomic E-state index is -4.32. The molecule has 4 heteroatoms. The molecule has 0 aromatic heterocycles. The highest BCUT2D eigenvalue weighted by Gasteiger charge is 2.30. The Labute approximate surface area is 94.9 Å². The van der Waals surface area contributed by atoms with E-state index < -0.39 is 11.7 Å². The third-order valence-corrected chi connectivity index (χ3v) is 2.15. The van der Waals surface area contributed by atoms with Crippen molar-refractivity contribution in [1.82, 2.24) is 4.90 Å². The summed E-state index contributed by atoms with van der Waals surface area (Å²) >= 11 is 0. The second-order valence-electron chi connectivity index (χ2n) is 3.67. The number of rotatable bonds is 5. The molecule has 0 aliphatic carbocycles. The van der Waals surface area contributed by atoms with Gasteiger partial charge >= 0.3 is 6.18 Å². The molecule has 0 spiro atoms. The van der Waals surface area contributed by atoms with Crippen molar-refractivity contribution in [3.05, 3.63) is 36.0 Å². The molecule has 0 saturated heterocycles. The molecule has 16 heavy (non-hydrogen) atoms. The fourth-order valence-electron chi connectivity index (χ4n) is 1.10. The average Bonchev–Trinajstić information content (AvgIpc) is 2.16. The van der Waals surface area contributed by atoms with Gasteiger partial charge in [-0.1, -0.05) is 37.3 Å². The molecule has 92 valence electrons. The summed E-state index contributed by atoms with van der Waals surface area (Å²) in [6, 6.07) is 0. The van der Waals surface area contributed by atoms with Crippen molar-refractivity contribution in [1.29, 1.82) is 0 Å². The van der Waals surface area contributed by atoms with E-state index in [0.717, 1.165) is 24.3 Å². The van der Waals surface area contributed by atoms with Crippen LogP contribution in [-0.2, 0) is 0 Å². The Morgan fingerprint density at radius 2 is 1.88 bits per heavy atom. The normalized spacial score (nSPS) is 14.4. The average molecular weight is 233 g/mol. The number of hydrogen-bond donors (Lipinski definition) is 0. The first-order valence-electron chi connectivity index (χ1n) is 5.06. The second kappa shape index (κ2) is 6.53. The molecular formula is C12H18F3N. The van der Waals surface area contributed by atoms with Gasteiger partial charge in [-0.3, -0.25) is 0 Å². The van der Waals surface area contributed by atoms with Crippen LogP contribution in [0.4, 0.5) is 13.2 Å². The molecule has 0 radical (unpaired) electrons. The zero-order valence-corrected chi connectivity index (χ0v) is 9.93. The van der Waals surface area contributed by atoms with Crippen LogP contribution in [-0.4, -0.2) is 31.2 Å². The fourth-order valence-corrected chi connectivity index (χ4v) is 1.10. The summed E-state index contributed by atoms with van der Waals surface area (Å²) in [7, 11) is 1.92. The predicted octanol–water partition coefficient (Wildman–Crippen LogP) is 3.56. The summed E-state index contributed by atoms with van der Waals surface area (Å²) in [6.45, 7) is 8.48. The predicted molar refractivity (Wildman–Crippen MR) is 61.3 cm³/mol. The first-order chi connectivity index (χ1) is 7.31. The van der Waals surface area contributed by atoms with Gasteiger partial charge < -0.3 is 4.90 Å². The Morgan fingerprint density at radius 1 is 1.31 bits per heavy atom. The Balaban J connectivity index is 4.64. The molecule has 0 rings (SSSR count). The Hall–Kier alpha value is -1.03. The summed E-state index contributed by atoms with van der Waals surface area (Å²) < 4.78 is 37.0. The highest BCUT2D eigenvalue weighted by molar-refractivity contribution is 5.28. The summed E-state index contributed by atoms with van der Waals surface area (Å²) in [5.41, 5.74) is 0.166. The van der Waals surface area contributed by atoms with Crippen molar-refractivity contribution in [3.8, 4) is 0 Å². The van der Waals surface area contributed by atoms with E-state index in [1.165, 1.54) is 6.08 Å². The number of nitrogens with zero attached hydrogens (tertiary/aromatic N) is 1. The van der Waals surface area contributed by atoms with Gasteiger partial charge in [0.15, 0.2) is 0 Å². The van der Waals surface area contributed by atoms with Crippen molar-refractivity contribution >= 4 is 0 Å². The van der Waals surface area contributed by atoms with Crippen LogP contribution < -0.4 is 0 Å². The smallest absolute Gasteiger partial charge is 0.303 e. The minimum absolute atomic E-state index is 0.662. The highest BCUT2D eigenvalue weighted by atomic mass is 19.4. The van der Waals surface area contributed by atoms with Gasteiger partial charge in [-0.15, -0.1) is 0 Å². The third-order valence-electron chi connectivity index (χ3n) is 2.15. The van der Waals surface area contributed by atoms with Crippen LogP contribution in [0, 0.1) is 0 Å². The van der Waals surface area contributed by atoms with E-state index in [2.05, 4.69) is 6.58 Å². The summed E-state index contributed by atoms with van der Waals surface area (Å²) in [5, 5.41) is 0. The minimum Gasteiger partial charge on any atom is -0.303 e. The van der Waals surface area contributed by atoms with Gasteiger partial charge in [0.05, 0.1) is 5.57 Å². The van der Waals surface area contributed by atoms with E-state index in [1.54, 1.807) is 6.92 Å². The number of hydrogen-bond acceptors (Lipinski definition) is 1. The van der Waals surface area contributed by atoms with Crippen LogP contribution in [0.5, 0.6) is 0 Å². The molecule has 0 N–H and O–H groups in total. The molecule has 0 aliphatic rings. The van der Waals surface area contributed by atoms with Gasteiger partial charge in [-0.2, -0.15) is 13.2 Å². The van der Waals surface area contributed by atoms with Gasteiger partial charge in [-0.25, -0.2) is 0 Å². The standard InChI is InChI=1S/C12H18F3N/c1-5-11(12(13,14)15)8-7-10(3)9-16(4)6-2/h5,7-8H,1,6,9H2,2-4H3/b10-7+,11-8+. The lowest BCUT2D eigenvalue weighted by Gasteiger charge is -2.13. The molecular weight excluding hydrogens is 215 g/mol. The van der Waals surface area contributed by atoms with Crippen molar-refractivity contribution in [3.63, 3.8) is 0 Å². The van der Waals surface area contributed by atoms with Gasteiger partial charge in [0.1, 0.15) is 0 Å². The zero-order valence-electron chi connectivity index (χ0n) is 9.93. The third kappa shape index (κ3) is 5.75. The molecule has 0 heterocycles. The van der Waals surface area contributed by atoms with Crippen molar-refractivity contribution < 1.29 is 13.2 Å². The van der Waals surface area contributed by atoms with Gasteiger partial charge in [0.25, 0.3) is 0 Å². The lowest BCUT2D eigenvalue weighted by Crippen LogP contribution is -2.19. The molecule has 0 saturated carbocycles. The monoisotopic (exact) mass is 233 g/mol. The number of likely N-dealkylation sites (N-methyl/N-ethyl adjacent to an activating group) is 1. The maximum atomic E-state index is 12.3. The van der Waals surface area contributed by atoms with E-state index in [0.29, 0.717) is 6.54 Å². The van der Waals surface area contributed by atoms with Gasteiger partial charge in [0.2, 0.25) is 0 Å². The highest BCUT2D eigenvalue weighted by Crippen LogP contribution is 2.26. The second-order valence-corrected chi connectivity index (χ2v) is 3.67. The Bertz CT molecular complexity index is 287. The largest absolute Gasteiger partial charge is 0.416 e. The SMILES string of the molecule is C=C/C(=C\C=C(/C)CN(C)CC)C(F)(F)F. The first-order valence-corrected chi connectivity index (χ1v) is 5.06. The number of halogens is 3. The van der Waals surface area contributed by atoms with Crippen molar-refractivity contribution in [2.75, 3.05) is 20.1 Å². The molecule has 0 atom stereocenters. The van der Waals surface area contributed by atoms with Crippen LogP contribution in [0.1, 0.15) is 13.8 Å².